The molecule has 0 aromatic carbocycles. The average Bonchev–Trinajstić information content (AvgIpc) is 3.28. The molecule has 2 amide bonds. The number of thiazole rings is 1. The Morgan fingerprint density at radius 3 is 2.64 bits per heavy atom. The van der Waals surface area contributed by atoms with Crippen molar-refractivity contribution in [3.63, 3.8) is 0 Å². The molecule has 28 heavy (non-hydrogen) atoms. The number of nitrogens with two attached hydrogens (primary N) is 1. The summed E-state index contributed by atoms with van der Waals surface area (Å²) in [6.07, 6.45) is 0. The number of hydrogen-bond acceptors (Lipinski definition) is 10. The molecule has 0 bridgehead atoms. The second kappa shape index (κ2) is 7.24. The van der Waals surface area contributed by atoms with Gasteiger partial charge in [0.05, 0.1) is 12.1 Å². The quantitative estimate of drug-likeness (QED) is 0.303. The molecule has 3 rings (SSSR count). The second-order valence-electron chi connectivity index (χ2n) is 5.65. The molecule has 148 valence electrons. The van der Waals surface area contributed by atoms with Crippen LogP contribution in [0.25, 0.3) is 0 Å². The third-order valence-corrected chi connectivity index (χ3v) is 4.62. The number of carboxylic acids is 2. The maximum Gasteiger partial charge on any atom is 0.354 e. The number of aliphatic carboxylic acids is 2. The van der Waals surface area contributed by atoms with Crippen molar-refractivity contribution in [2.24, 2.45) is 5.16 Å². The van der Waals surface area contributed by atoms with Gasteiger partial charge in [-0.15, -0.1) is 11.3 Å². The fourth-order valence-corrected chi connectivity index (χ4v) is 3.39. The first-order valence-electron chi connectivity index (χ1n) is 7.66. The maximum absolute atomic E-state index is 12.6. The van der Waals surface area contributed by atoms with E-state index in [1.54, 1.807) is 0 Å². The summed E-state index contributed by atoms with van der Waals surface area (Å²) >= 11 is 1.08. The molecule has 0 saturated carbocycles. The van der Waals surface area contributed by atoms with Crippen molar-refractivity contribution in [2.75, 3.05) is 25.9 Å². The normalized spacial score (nSPS) is 19.8. The topological polar surface area (TPSA) is 188 Å². The van der Waals surface area contributed by atoms with E-state index in [1.165, 1.54) is 17.5 Å². The van der Waals surface area contributed by atoms with Gasteiger partial charge in [-0.3, -0.25) is 9.59 Å². The van der Waals surface area contributed by atoms with Crippen molar-refractivity contribution in [3.05, 3.63) is 22.3 Å². The van der Waals surface area contributed by atoms with Crippen LogP contribution in [0.2, 0.25) is 0 Å². The SMILES string of the molecule is CO/N=C(/C(=O)NC1CN2CC(C(=O)O)=C(C(=O)O)N2C1=O)c1csc(N)n1. The van der Waals surface area contributed by atoms with E-state index in [0.717, 1.165) is 16.3 Å². The highest BCUT2D eigenvalue weighted by atomic mass is 32.1. The van der Waals surface area contributed by atoms with Crippen LogP contribution in [0.5, 0.6) is 0 Å². The number of aromatic nitrogens is 1. The number of carbonyl (C=O) groups excluding carboxylic acids is 2. The lowest BCUT2D eigenvalue weighted by Gasteiger charge is -2.18. The predicted octanol–water partition coefficient (Wildman–Crippen LogP) is -1.94. The highest BCUT2D eigenvalue weighted by molar-refractivity contribution is 7.13. The van der Waals surface area contributed by atoms with Gasteiger partial charge in [0.15, 0.2) is 16.5 Å². The van der Waals surface area contributed by atoms with E-state index in [-0.39, 0.29) is 29.6 Å². The molecule has 2 aliphatic rings. The highest BCUT2D eigenvalue weighted by Crippen LogP contribution is 2.29. The minimum atomic E-state index is -1.56. The molecule has 13 nitrogen and oxygen atoms in total. The Morgan fingerprint density at radius 1 is 1.39 bits per heavy atom. The van der Waals surface area contributed by atoms with Crippen LogP contribution >= 0.6 is 11.3 Å². The lowest BCUT2D eigenvalue weighted by atomic mass is 10.1. The van der Waals surface area contributed by atoms with Crippen LogP contribution in [0.15, 0.2) is 21.8 Å². The Morgan fingerprint density at radius 2 is 2.11 bits per heavy atom. The van der Waals surface area contributed by atoms with Gasteiger partial charge in [0.2, 0.25) is 0 Å². The molecule has 1 fully saturated rings. The van der Waals surface area contributed by atoms with Crippen molar-refractivity contribution in [1.29, 1.82) is 0 Å². The zero-order valence-electron chi connectivity index (χ0n) is 14.3. The number of nitrogen functional groups attached to an aromatic ring is 1. The number of oxime groups is 1. The molecule has 0 spiro atoms. The molecule has 0 aliphatic carbocycles. The van der Waals surface area contributed by atoms with Gasteiger partial charge in [-0.1, -0.05) is 5.16 Å². The van der Waals surface area contributed by atoms with Gasteiger partial charge in [-0.25, -0.2) is 24.6 Å². The van der Waals surface area contributed by atoms with Crippen molar-refractivity contribution < 1.29 is 34.2 Å². The summed E-state index contributed by atoms with van der Waals surface area (Å²) in [7, 11) is 1.23. The first-order valence-corrected chi connectivity index (χ1v) is 8.54. The maximum atomic E-state index is 12.6. The summed E-state index contributed by atoms with van der Waals surface area (Å²) in [5.74, 6) is -4.56. The molecule has 1 aromatic rings. The molecule has 5 N–H and O–H groups in total. The number of hydrazine groups is 1. The smallest absolute Gasteiger partial charge is 0.354 e. The fourth-order valence-electron chi connectivity index (χ4n) is 2.84. The predicted molar refractivity (Wildman–Crippen MR) is 92.7 cm³/mol. The van der Waals surface area contributed by atoms with Gasteiger partial charge in [-0.05, 0) is 0 Å². The number of nitrogens with one attached hydrogen (secondary N) is 1. The summed E-state index contributed by atoms with van der Waals surface area (Å²) in [4.78, 5) is 56.4. The van der Waals surface area contributed by atoms with Crippen LogP contribution in [0.3, 0.4) is 0 Å². The zero-order valence-corrected chi connectivity index (χ0v) is 15.1. The molecule has 2 aliphatic heterocycles. The summed E-state index contributed by atoms with van der Waals surface area (Å²) in [6.45, 7) is -0.395. The van der Waals surface area contributed by atoms with Crippen molar-refractivity contribution in [2.45, 2.75) is 6.04 Å². The lowest BCUT2D eigenvalue weighted by Crippen LogP contribution is -2.46. The van der Waals surface area contributed by atoms with Crippen LogP contribution in [-0.2, 0) is 24.0 Å². The Hall–Kier alpha value is -3.52. The van der Waals surface area contributed by atoms with Crippen LogP contribution in [0.4, 0.5) is 5.13 Å². The molecule has 1 atom stereocenters. The number of amides is 2. The van der Waals surface area contributed by atoms with Crippen molar-refractivity contribution >= 4 is 45.9 Å². The summed E-state index contributed by atoms with van der Waals surface area (Å²) < 4.78 is 0. The minimum absolute atomic E-state index is 0.113. The third kappa shape index (κ3) is 3.25. The van der Waals surface area contributed by atoms with Crippen LogP contribution in [0, 0.1) is 0 Å². The van der Waals surface area contributed by atoms with Gasteiger partial charge in [0.1, 0.15) is 18.8 Å². The number of hydrogen-bond donors (Lipinski definition) is 4. The van der Waals surface area contributed by atoms with Crippen molar-refractivity contribution in [1.82, 2.24) is 20.3 Å². The van der Waals surface area contributed by atoms with Gasteiger partial charge >= 0.3 is 11.9 Å². The first-order chi connectivity index (χ1) is 13.2. The molecule has 1 aromatic heterocycles. The molecule has 1 saturated heterocycles. The van der Waals surface area contributed by atoms with Crippen molar-refractivity contribution in [3.8, 4) is 0 Å². The Bertz CT molecular complexity index is 938. The minimum Gasteiger partial charge on any atom is -0.478 e. The summed E-state index contributed by atoms with van der Waals surface area (Å²) in [5, 5.41) is 28.1. The first kappa shape index (κ1) is 19.2. The Kier molecular flexibility index (Phi) is 4.98. The number of rotatable bonds is 6. The van der Waals surface area contributed by atoms with Gasteiger partial charge in [0, 0.05) is 11.9 Å². The zero-order chi connectivity index (χ0) is 20.6. The van der Waals surface area contributed by atoms with E-state index in [0.29, 0.717) is 0 Å². The van der Waals surface area contributed by atoms with Gasteiger partial charge in [0.25, 0.3) is 11.8 Å². The number of carbonyl (C=O) groups is 4. The second-order valence-corrected chi connectivity index (χ2v) is 6.54. The summed E-state index contributed by atoms with van der Waals surface area (Å²) in [5.41, 5.74) is 4.42. The monoisotopic (exact) mass is 410 g/mol. The molecule has 3 heterocycles. The molecule has 0 radical (unpaired) electrons. The number of anilines is 1. The third-order valence-electron chi connectivity index (χ3n) is 3.95. The van der Waals surface area contributed by atoms with Crippen LogP contribution < -0.4 is 11.1 Å². The molecule has 14 heteroatoms. The fraction of sp³-hybridized carbons (Fsp3) is 0.286. The highest BCUT2D eigenvalue weighted by Gasteiger charge is 2.49. The Balaban J connectivity index is 1.81. The van der Waals surface area contributed by atoms with E-state index < -0.39 is 41.1 Å². The number of nitrogens with zero attached hydrogens (tertiary/aromatic N) is 4. The van der Waals surface area contributed by atoms with E-state index in [4.69, 9.17) is 10.8 Å². The van der Waals surface area contributed by atoms with E-state index in [1.807, 2.05) is 0 Å². The van der Waals surface area contributed by atoms with Gasteiger partial charge in [-0.2, -0.15) is 0 Å². The standard InChI is InChI=1S/C14H14N6O7S/c1-27-18-8(7-4-28-14(15)17-7)10(21)16-6-3-19-2-5(12(23)24)9(13(25)26)20(19)11(6)22/h4,6H,2-3H2,1H3,(H2,15,17)(H,16,21)(H,23,24)(H,25,26)/b18-8+. The number of fused-ring (bicyclic) bond motifs is 1. The Labute approximate surface area is 160 Å². The molecule has 1 unspecified atom stereocenters. The van der Waals surface area contributed by atoms with E-state index >= 15 is 0 Å². The molecular formula is C14H14N6O7S. The molecular weight excluding hydrogens is 396 g/mol. The summed E-state index contributed by atoms with van der Waals surface area (Å²) in [6, 6.07) is -1.12. The number of carboxylic acid groups (broad SMARTS) is 2. The lowest BCUT2D eigenvalue weighted by molar-refractivity contribution is -0.143. The van der Waals surface area contributed by atoms with Gasteiger partial charge < -0.3 is 26.1 Å². The van der Waals surface area contributed by atoms with E-state index in [9.17, 15) is 24.3 Å². The van der Waals surface area contributed by atoms with E-state index in [2.05, 4.69) is 20.3 Å². The van der Waals surface area contributed by atoms with Crippen LogP contribution in [0.1, 0.15) is 5.69 Å². The average molecular weight is 410 g/mol. The largest absolute Gasteiger partial charge is 0.478 e. The van der Waals surface area contributed by atoms with Crippen LogP contribution in [-0.4, -0.2) is 80.9 Å².